The van der Waals surface area contributed by atoms with Crippen LogP contribution in [0.2, 0.25) is 0 Å². The molecular weight excluding hydrogens is 354 g/mol. The molecule has 4 rings (SSSR count). The molecule has 0 N–H and O–H groups in total. The average Bonchev–Trinajstić information content (AvgIpc) is 3.32. The van der Waals surface area contributed by atoms with E-state index in [1.807, 2.05) is 40.6 Å². The molecule has 128 valence electrons. The van der Waals surface area contributed by atoms with Crippen LogP contribution in [-0.2, 0) is 11.2 Å². The fourth-order valence-electron chi connectivity index (χ4n) is 2.82. The van der Waals surface area contributed by atoms with E-state index in [-0.39, 0.29) is 5.91 Å². The zero-order chi connectivity index (χ0) is 17.1. The molecule has 1 amide bonds. The number of aryl methyl sites for hydroxylation is 1. The van der Waals surface area contributed by atoms with Gasteiger partial charge in [-0.05, 0) is 30.0 Å². The molecule has 0 spiro atoms. The van der Waals surface area contributed by atoms with Gasteiger partial charge in [0.05, 0.1) is 10.6 Å². The van der Waals surface area contributed by atoms with Gasteiger partial charge in [-0.25, -0.2) is 0 Å². The van der Waals surface area contributed by atoms with Gasteiger partial charge < -0.3 is 9.42 Å². The van der Waals surface area contributed by atoms with Crippen LogP contribution in [0.5, 0.6) is 0 Å². The lowest BCUT2D eigenvalue weighted by atomic mass is 10.2. The van der Waals surface area contributed by atoms with Gasteiger partial charge in [0, 0.05) is 30.0 Å². The Labute approximate surface area is 154 Å². The number of rotatable bonds is 5. The Balaban J connectivity index is 1.34. The Kier molecular flexibility index (Phi) is 4.85. The van der Waals surface area contributed by atoms with Gasteiger partial charge in [-0.3, -0.25) is 4.79 Å². The van der Waals surface area contributed by atoms with Gasteiger partial charge in [-0.15, -0.1) is 23.1 Å². The number of carbonyl (C=O) groups is 1. The number of hydrogen-bond donors (Lipinski definition) is 0. The van der Waals surface area contributed by atoms with Gasteiger partial charge in [-0.2, -0.15) is 4.98 Å². The molecule has 1 aliphatic heterocycles. The maximum Gasteiger partial charge on any atom is 0.227 e. The summed E-state index contributed by atoms with van der Waals surface area (Å²) in [7, 11) is 0. The fourth-order valence-corrected chi connectivity index (χ4v) is 4.46. The number of fused-ring (bicyclic) bond motifs is 1. The van der Waals surface area contributed by atoms with Crippen molar-refractivity contribution in [3.05, 3.63) is 47.7 Å². The zero-order valence-corrected chi connectivity index (χ0v) is 15.2. The minimum atomic E-state index is 0.158. The third kappa shape index (κ3) is 3.62. The monoisotopic (exact) mass is 371 g/mol. The third-order valence-electron chi connectivity index (χ3n) is 4.02. The van der Waals surface area contributed by atoms with Crippen LogP contribution in [-0.4, -0.2) is 28.3 Å². The summed E-state index contributed by atoms with van der Waals surface area (Å²) < 4.78 is 5.29. The van der Waals surface area contributed by atoms with Gasteiger partial charge >= 0.3 is 0 Å². The number of para-hydroxylation sites is 1. The fraction of sp³-hybridized carbons (Fsp3) is 0.278. The predicted molar refractivity (Wildman–Crippen MR) is 100 cm³/mol. The molecule has 0 bridgehead atoms. The summed E-state index contributed by atoms with van der Waals surface area (Å²) in [6.45, 7) is 0.767. The molecule has 3 aromatic rings. The van der Waals surface area contributed by atoms with Gasteiger partial charge in [0.1, 0.15) is 0 Å². The van der Waals surface area contributed by atoms with E-state index in [1.54, 1.807) is 23.1 Å². The maximum absolute atomic E-state index is 12.6. The van der Waals surface area contributed by atoms with Crippen molar-refractivity contribution >= 4 is 34.7 Å². The van der Waals surface area contributed by atoms with Crippen LogP contribution in [0.3, 0.4) is 0 Å². The number of hydrogen-bond acceptors (Lipinski definition) is 6. The number of aromatic nitrogens is 2. The molecule has 1 aliphatic rings. The average molecular weight is 371 g/mol. The second-order valence-electron chi connectivity index (χ2n) is 5.70. The Morgan fingerprint density at radius 1 is 1.24 bits per heavy atom. The van der Waals surface area contributed by atoms with Crippen LogP contribution < -0.4 is 4.90 Å². The normalized spacial score (nSPS) is 13.7. The molecule has 0 saturated carbocycles. The smallest absolute Gasteiger partial charge is 0.227 e. The summed E-state index contributed by atoms with van der Waals surface area (Å²) in [5, 5.41) is 5.99. The van der Waals surface area contributed by atoms with Gasteiger partial charge in [0.2, 0.25) is 17.6 Å². The number of thiophene rings is 1. The maximum atomic E-state index is 12.6. The number of anilines is 1. The van der Waals surface area contributed by atoms with Crippen LogP contribution in [0.4, 0.5) is 5.69 Å². The molecule has 5 nitrogen and oxygen atoms in total. The predicted octanol–water partition coefficient (Wildman–Crippen LogP) is 4.26. The van der Waals surface area contributed by atoms with Crippen molar-refractivity contribution in [2.24, 2.45) is 0 Å². The summed E-state index contributed by atoms with van der Waals surface area (Å²) in [6, 6.07) is 12.0. The number of amides is 1. The molecule has 0 radical (unpaired) electrons. The Bertz CT molecular complexity index is 861. The summed E-state index contributed by atoms with van der Waals surface area (Å²) in [6.07, 6.45) is 1.81. The molecule has 0 fully saturated rings. The van der Waals surface area contributed by atoms with Crippen LogP contribution >= 0.6 is 23.1 Å². The topological polar surface area (TPSA) is 59.2 Å². The summed E-state index contributed by atoms with van der Waals surface area (Å²) in [5.41, 5.74) is 1.03. The Morgan fingerprint density at radius 2 is 2.16 bits per heavy atom. The zero-order valence-electron chi connectivity index (χ0n) is 13.6. The molecule has 0 aliphatic carbocycles. The van der Waals surface area contributed by atoms with E-state index in [1.165, 1.54) is 4.90 Å². The molecule has 7 heteroatoms. The van der Waals surface area contributed by atoms with Gasteiger partial charge in [-0.1, -0.05) is 23.4 Å². The van der Waals surface area contributed by atoms with E-state index >= 15 is 0 Å². The second kappa shape index (κ2) is 7.41. The van der Waals surface area contributed by atoms with Crippen molar-refractivity contribution in [2.45, 2.75) is 24.2 Å². The van der Waals surface area contributed by atoms with Crippen molar-refractivity contribution in [1.29, 1.82) is 0 Å². The lowest BCUT2D eigenvalue weighted by Crippen LogP contribution is -2.35. The minimum absolute atomic E-state index is 0.158. The summed E-state index contributed by atoms with van der Waals surface area (Å²) >= 11 is 3.39. The lowest BCUT2D eigenvalue weighted by Gasteiger charge is -2.29. The molecular formula is C18H17N3O2S2. The van der Waals surface area contributed by atoms with Crippen molar-refractivity contribution in [2.75, 3.05) is 17.2 Å². The van der Waals surface area contributed by atoms with Crippen molar-refractivity contribution in [3.63, 3.8) is 0 Å². The molecule has 0 saturated heterocycles. The Hall–Kier alpha value is -2.12. The van der Waals surface area contributed by atoms with E-state index in [0.29, 0.717) is 31.0 Å². The first-order chi connectivity index (χ1) is 12.3. The highest BCUT2D eigenvalue weighted by atomic mass is 32.2. The van der Waals surface area contributed by atoms with Crippen molar-refractivity contribution in [3.8, 4) is 10.7 Å². The number of thioether (sulfide) groups is 1. The van der Waals surface area contributed by atoms with Gasteiger partial charge in [0.25, 0.3) is 0 Å². The molecule has 2 aromatic heterocycles. The summed E-state index contributed by atoms with van der Waals surface area (Å²) in [4.78, 5) is 21.1. The lowest BCUT2D eigenvalue weighted by molar-refractivity contribution is -0.118. The molecule has 0 atom stereocenters. The van der Waals surface area contributed by atoms with Crippen LogP contribution in [0.25, 0.3) is 10.7 Å². The van der Waals surface area contributed by atoms with Crippen LogP contribution in [0.1, 0.15) is 18.7 Å². The van der Waals surface area contributed by atoms with Crippen molar-refractivity contribution in [1.82, 2.24) is 10.1 Å². The molecule has 0 unspecified atom stereocenters. The standard InChI is InChI=1S/C18H17N3O2S2/c22-17(21-10-12-25-14-6-2-1-5-13(14)21)9-3-8-16-19-18(20-23-16)15-7-4-11-24-15/h1-2,4-7,11H,3,8-10,12H2. The summed E-state index contributed by atoms with van der Waals surface area (Å²) in [5.74, 6) is 2.31. The van der Waals surface area contributed by atoms with E-state index in [0.717, 1.165) is 22.9 Å². The largest absolute Gasteiger partial charge is 0.339 e. The van der Waals surface area contributed by atoms with E-state index in [2.05, 4.69) is 16.2 Å². The van der Waals surface area contributed by atoms with E-state index in [9.17, 15) is 4.79 Å². The quantitative estimate of drug-likeness (QED) is 0.671. The highest BCUT2D eigenvalue weighted by molar-refractivity contribution is 7.99. The van der Waals surface area contributed by atoms with Crippen molar-refractivity contribution < 1.29 is 9.32 Å². The van der Waals surface area contributed by atoms with Gasteiger partial charge in [0.15, 0.2) is 0 Å². The van der Waals surface area contributed by atoms with Crippen LogP contribution in [0.15, 0.2) is 51.2 Å². The number of carbonyl (C=O) groups excluding carboxylic acids is 1. The van der Waals surface area contributed by atoms with E-state index in [4.69, 9.17) is 4.52 Å². The Morgan fingerprint density at radius 3 is 3.04 bits per heavy atom. The second-order valence-corrected chi connectivity index (χ2v) is 7.79. The molecule has 3 heterocycles. The number of benzene rings is 1. The van der Waals surface area contributed by atoms with E-state index < -0.39 is 0 Å². The first-order valence-electron chi connectivity index (χ1n) is 8.20. The first kappa shape index (κ1) is 16.4. The number of nitrogens with zero attached hydrogens (tertiary/aromatic N) is 3. The minimum Gasteiger partial charge on any atom is -0.339 e. The first-order valence-corrected chi connectivity index (χ1v) is 10.1. The molecule has 1 aromatic carbocycles. The highest BCUT2D eigenvalue weighted by Crippen LogP contribution is 2.34. The third-order valence-corrected chi connectivity index (χ3v) is 5.93. The SMILES string of the molecule is O=C(CCCc1nc(-c2cccs2)no1)N1CCSc2ccccc21. The molecule has 25 heavy (non-hydrogen) atoms. The van der Waals surface area contributed by atoms with Crippen LogP contribution in [0, 0.1) is 0 Å². The highest BCUT2D eigenvalue weighted by Gasteiger charge is 2.22.